The Balaban J connectivity index is 3.39. The van der Waals surface area contributed by atoms with E-state index in [-0.39, 0.29) is 19.0 Å². The van der Waals surface area contributed by atoms with Crippen molar-refractivity contribution < 1.29 is 14.6 Å². The van der Waals surface area contributed by atoms with Crippen LogP contribution in [0, 0.1) is 5.92 Å². The molecule has 0 radical (unpaired) electrons. The van der Waals surface area contributed by atoms with Crippen molar-refractivity contribution in [1.29, 1.82) is 0 Å². The molecule has 2 atom stereocenters. The van der Waals surface area contributed by atoms with Gasteiger partial charge in [0, 0.05) is 0 Å². The van der Waals surface area contributed by atoms with Crippen LogP contribution in [0.2, 0.25) is 0 Å². The number of hydrogen-bond acceptors (Lipinski definition) is 3. The Kier molecular flexibility index (Phi) is 6.34. The van der Waals surface area contributed by atoms with E-state index in [9.17, 15) is 0 Å². The highest BCUT2D eigenvalue weighted by Gasteiger charge is 2.07. The predicted octanol–water partition coefficient (Wildman–Crippen LogP) is 1.40. The quantitative estimate of drug-likeness (QED) is 0.622. The Hall–Kier alpha value is -0.120. The molecule has 0 heterocycles. The molecule has 0 aromatic carbocycles. The second-order valence-electron chi connectivity index (χ2n) is 3.42. The van der Waals surface area contributed by atoms with Crippen LogP contribution in [0.5, 0.6) is 0 Å². The van der Waals surface area contributed by atoms with Crippen molar-refractivity contribution in [2.45, 2.75) is 40.1 Å². The molecular formula is C9H20O3. The van der Waals surface area contributed by atoms with Crippen LogP contribution in [0.25, 0.3) is 0 Å². The van der Waals surface area contributed by atoms with Crippen molar-refractivity contribution in [2.24, 2.45) is 5.92 Å². The van der Waals surface area contributed by atoms with Crippen LogP contribution in [0.1, 0.15) is 27.7 Å². The van der Waals surface area contributed by atoms with Gasteiger partial charge in [-0.15, -0.1) is 0 Å². The average Bonchev–Trinajstić information content (AvgIpc) is 2.00. The van der Waals surface area contributed by atoms with Crippen LogP contribution in [-0.4, -0.2) is 30.7 Å². The number of aliphatic hydroxyl groups is 1. The number of hydrogen-bond donors (Lipinski definition) is 1. The van der Waals surface area contributed by atoms with Gasteiger partial charge in [0.05, 0.1) is 19.3 Å². The van der Waals surface area contributed by atoms with Crippen LogP contribution in [0.3, 0.4) is 0 Å². The van der Waals surface area contributed by atoms with Crippen LogP contribution in [-0.2, 0) is 9.47 Å². The third-order valence-electron chi connectivity index (χ3n) is 1.35. The van der Waals surface area contributed by atoms with Gasteiger partial charge in [0.2, 0.25) is 0 Å². The monoisotopic (exact) mass is 176 g/mol. The molecule has 0 saturated carbocycles. The van der Waals surface area contributed by atoms with E-state index in [0.717, 1.165) is 0 Å². The highest BCUT2D eigenvalue weighted by molar-refractivity contribution is 4.46. The smallest absolute Gasteiger partial charge is 0.155 e. The topological polar surface area (TPSA) is 38.7 Å². The number of aliphatic hydroxyl groups excluding tert-OH is 1. The van der Waals surface area contributed by atoms with Gasteiger partial charge in [-0.2, -0.15) is 0 Å². The summed E-state index contributed by atoms with van der Waals surface area (Å²) >= 11 is 0. The van der Waals surface area contributed by atoms with E-state index in [0.29, 0.717) is 12.5 Å². The molecule has 3 nitrogen and oxygen atoms in total. The molecule has 0 aliphatic carbocycles. The second kappa shape index (κ2) is 6.40. The molecule has 3 heteroatoms. The summed E-state index contributed by atoms with van der Waals surface area (Å²) in [6.07, 6.45) is -0.373. The van der Waals surface area contributed by atoms with Crippen LogP contribution in [0.4, 0.5) is 0 Å². The number of ether oxygens (including phenoxy) is 2. The summed E-state index contributed by atoms with van der Waals surface area (Å²) in [6, 6.07) is 0. The minimum atomic E-state index is -0.227. The van der Waals surface area contributed by atoms with Crippen molar-refractivity contribution in [3.05, 3.63) is 0 Å². The summed E-state index contributed by atoms with van der Waals surface area (Å²) in [5.41, 5.74) is 0. The maximum atomic E-state index is 8.68. The highest BCUT2D eigenvalue weighted by Crippen LogP contribution is 2.02. The molecule has 0 rings (SSSR count). The molecule has 0 amide bonds. The van der Waals surface area contributed by atoms with Gasteiger partial charge in [-0.05, 0) is 19.8 Å². The normalized spacial score (nSPS) is 16.5. The van der Waals surface area contributed by atoms with Gasteiger partial charge in [0.15, 0.2) is 6.29 Å². The average molecular weight is 176 g/mol. The molecule has 0 spiro atoms. The first kappa shape index (κ1) is 11.9. The third kappa shape index (κ3) is 6.58. The van der Waals surface area contributed by atoms with Gasteiger partial charge in [0.1, 0.15) is 0 Å². The van der Waals surface area contributed by atoms with Crippen molar-refractivity contribution in [2.75, 3.05) is 13.2 Å². The lowest BCUT2D eigenvalue weighted by Crippen LogP contribution is -2.23. The molecule has 1 N–H and O–H groups in total. The molecule has 0 aliphatic rings. The van der Waals surface area contributed by atoms with E-state index in [2.05, 4.69) is 13.8 Å². The lowest BCUT2D eigenvalue weighted by molar-refractivity contribution is -0.167. The first-order chi connectivity index (χ1) is 5.56. The fourth-order valence-electron chi connectivity index (χ4n) is 0.737. The fourth-order valence-corrected chi connectivity index (χ4v) is 0.737. The van der Waals surface area contributed by atoms with E-state index >= 15 is 0 Å². The molecule has 0 fully saturated rings. The molecule has 0 saturated heterocycles. The molecule has 74 valence electrons. The number of rotatable bonds is 6. The van der Waals surface area contributed by atoms with Gasteiger partial charge >= 0.3 is 0 Å². The van der Waals surface area contributed by atoms with E-state index in [1.807, 2.05) is 13.8 Å². The molecule has 2 unspecified atom stereocenters. The van der Waals surface area contributed by atoms with Gasteiger partial charge in [-0.3, -0.25) is 0 Å². The SMILES string of the molecule is CC(C)COC(C)OC(C)CO. The Labute approximate surface area is 74.7 Å². The minimum Gasteiger partial charge on any atom is -0.394 e. The minimum absolute atomic E-state index is 0.0371. The molecule has 0 bridgehead atoms. The predicted molar refractivity (Wildman–Crippen MR) is 47.9 cm³/mol. The van der Waals surface area contributed by atoms with Crippen LogP contribution < -0.4 is 0 Å². The summed E-state index contributed by atoms with van der Waals surface area (Å²) in [6.45, 7) is 8.56. The van der Waals surface area contributed by atoms with Gasteiger partial charge in [-0.25, -0.2) is 0 Å². The zero-order valence-electron chi connectivity index (χ0n) is 8.41. The van der Waals surface area contributed by atoms with Gasteiger partial charge < -0.3 is 14.6 Å². The molecule has 0 aromatic heterocycles. The standard InChI is InChI=1S/C9H20O3/c1-7(2)6-11-9(4)12-8(3)5-10/h7-10H,5-6H2,1-4H3. The van der Waals surface area contributed by atoms with Crippen molar-refractivity contribution in [3.63, 3.8) is 0 Å². The third-order valence-corrected chi connectivity index (χ3v) is 1.35. The fraction of sp³-hybridized carbons (Fsp3) is 1.00. The van der Waals surface area contributed by atoms with Crippen molar-refractivity contribution in [1.82, 2.24) is 0 Å². The lowest BCUT2D eigenvalue weighted by Gasteiger charge is -2.18. The van der Waals surface area contributed by atoms with E-state index in [1.54, 1.807) is 0 Å². The molecular weight excluding hydrogens is 156 g/mol. The van der Waals surface area contributed by atoms with E-state index < -0.39 is 0 Å². The first-order valence-electron chi connectivity index (χ1n) is 4.44. The van der Waals surface area contributed by atoms with Gasteiger partial charge in [-0.1, -0.05) is 13.8 Å². The first-order valence-corrected chi connectivity index (χ1v) is 4.44. The zero-order chi connectivity index (χ0) is 9.56. The summed E-state index contributed by atoms with van der Waals surface area (Å²) in [4.78, 5) is 0. The van der Waals surface area contributed by atoms with Crippen molar-refractivity contribution >= 4 is 0 Å². The van der Waals surface area contributed by atoms with Crippen molar-refractivity contribution in [3.8, 4) is 0 Å². The Morgan fingerprint density at radius 3 is 2.17 bits per heavy atom. The highest BCUT2D eigenvalue weighted by atomic mass is 16.7. The Morgan fingerprint density at radius 2 is 1.75 bits per heavy atom. The largest absolute Gasteiger partial charge is 0.394 e. The molecule has 0 aromatic rings. The molecule has 12 heavy (non-hydrogen) atoms. The summed E-state index contributed by atoms with van der Waals surface area (Å²) < 4.78 is 10.6. The Bertz CT molecular complexity index is 104. The Morgan fingerprint density at radius 1 is 1.17 bits per heavy atom. The summed E-state index contributed by atoms with van der Waals surface area (Å²) in [7, 11) is 0. The maximum Gasteiger partial charge on any atom is 0.155 e. The summed E-state index contributed by atoms with van der Waals surface area (Å²) in [5, 5.41) is 8.68. The zero-order valence-corrected chi connectivity index (χ0v) is 8.41. The van der Waals surface area contributed by atoms with Gasteiger partial charge in [0.25, 0.3) is 0 Å². The summed E-state index contributed by atoms with van der Waals surface area (Å²) in [5.74, 6) is 0.514. The maximum absolute atomic E-state index is 8.68. The van der Waals surface area contributed by atoms with E-state index in [4.69, 9.17) is 14.6 Å². The second-order valence-corrected chi connectivity index (χ2v) is 3.42. The molecule has 0 aliphatic heterocycles. The van der Waals surface area contributed by atoms with Crippen LogP contribution in [0.15, 0.2) is 0 Å². The van der Waals surface area contributed by atoms with Crippen LogP contribution >= 0.6 is 0 Å². The van der Waals surface area contributed by atoms with E-state index in [1.165, 1.54) is 0 Å². The lowest BCUT2D eigenvalue weighted by atomic mass is 10.2.